The average Bonchev–Trinajstić information content (AvgIpc) is 3.70. The van der Waals surface area contributed by atoms with E-state index in [1.54, 1.807) is 19.1 Å². The highest BCUT2D eigenvalue weighted by Crippen LogP contribution is 2.43. The predicted molar refractivity (Wildman–Crippen MR) is 151 cm³/mol. The Balaban J connectivity index is 1.28. The van der Waals surface area contributed by atoms with Crippen LogP contribution in [0.4, 0.5) is 5.00 Å². The summed E-state index contributed by atoms with van der Waals surface area (Å²) in [6.07, 6.45) is 2.66. The summed E-state index contributed by atoms with van der Waals surface area (Å²) in [5.74, 6) is 1.39. The van der Waals surface area contributed by atoms with Crippen molar-refractivity contribution >= 4 is 40.0 Å². The van der Waals surface area contributed by atoms with E-state index < -0.39 is 11.2 Å². The van der Waals surface area contributed by atoms with Crippen molar-refractivity contribution in [1.29, 1.82) is 0 Å². The zero-order valence-corrected chi connectivity index (χ0v) is 23.6. The Hall–Kier alpha value is -3.83. The Kier molecular flexibility index (Phi) is 7.48. The third-order valence-corrected chi connectivity index (χ3v) is 9.07. The highest BCUT2D eigenvalue weighted by atomic mass is 32.2. The van der Waals surface area contributed by atoms with Crippen LogP contribution in [0.25, 0.3) is 11.5 Å². The topological polar surface area (TPSA) is 113 Å². The zero-order chi connectivity index (χ0) is 27.6. The van der Waals surface area contributed by atoms with Gasteiger partial charge in [-0.25, -0.2) is 4.79 Å². The number of thioether (sulfide) groups is 1. The van der Waals surface area contributed by atoms with Crippen LogP contribution < -0.4 is 14.8 Å². The van der Waals surface area contributed by atoms with Gasteiger partial charge in [-0.2, -0.15) is 0 Å². The summed E-state index contributed by atoms with van der Waals surface area (Å²) in [4.78, 5) is 27.9. The molecule has 1 N–H and O–H groups in total. The van der Waals surface area contributed by atoms with E-state index in [1.807, 2.05) is 36.4 Å². The molecule has 40 heavy (non-hydrogen) atoms. The smallest absolute Gasteiger partial charge is 0.341 e. The molecule has 3 heterocycles. The van der Waals surface area contributed by atoms with Crippen molar-refractivity contribution in [3.05, 3.63) is 70.1 Å². The van der Waals surface area contributed by atoms with Crippen molar-refractivity contribution in [2.24, 2.45) is 5.92 Å². The van der Waals surface area contributed by atoms with Gasteiger partial charge in [0.1, 0.15) is 10.3 Å². The molecule has 1 aliphatic carbocycles. The van der Waals surface area contributed by atoms with Gasteiger partial charge in [0.15, 0.2) is 11.5 Å². The fourth-order valence-electron chi connectivity index (χ4n) is 4.84. The second kappa shape index (κ2) is 11.3. The Labute approximate surface area is 239 Å². The minimum Gasteiger partial charge on any atom is -0.462 e. The lowest BCUT2D eigenvalue weighted by Gasteiger charge is -2.18. The fourth-order valence-corrected chi connectivity index (χ4v) is 7.12. The number of hydrogen-bond donors (Lipinski definition) is 1. The summed E-state index contributed by atoms with van der Waals surface area (Å²) >= 11 is 2.61. The van der Waals surface area contributed by atoms with Gasteiger partial charge in [0.2, 0.25) is 18.6 Å². The van der Waals surface area contributed by atoms with Crippen molar-refractivity contribution in [3.63, 3.8) is 0 Å². The first-order valence-electron chi connectivity index (χ1n) is 13.1. The second-order valence-corrected chi connectivity index (χ2v) is 11.8. The molecule has 2 aromatic heterocycles. The molecule has 0 bridgehead atoms. The quantitative estimate of drug-likeness (QED) is 0.190. The average molecular weight is 578 g/mol. The SMILES string of the molecule is CCOC(=O)c1c(NC(=O)[C@H](Sc2nnc(-c3ccc4c(c3)OCO4)o2)c2ccccc2)sc2c1CC[C@@H](C)C2. The first-order chi connectivity index (χ1) is 19.5. The van der Waals surface area contributed by atoms with E-state index >= 15 is 0 Å². The van der Waals surface area contributed by atoms with E-state index in [4.69, 9.17) is 18.6 Å². The molecule has 0 fully saturated rings. The molecule has 2 aromatic carbocycles. The fraction of sp³-hybridized carbons (Fsp3) is 0.310. The number of fused-ring (bicyclic) bond motifs is 2. The minimum atomic E-state index is -0.709. The molecule has 4 aromatic rings. The first-order valence-corrected chi connectivity index (χ1v) is 14.8. The molecule has 0 radical (unpaired) electrons. The zero-order valence-electron chi connectivity index (χ0n) is 22.0. The minimum absolute atomic E-state index is 0.168. The van der Waals surface area contributed by atoms with Crippen molar-refractivity contribution in [1.82, 2.24) is 10.2 Å². The molecule has 0 unspecified atom stereocenters. The molecule has 1 amide bonds. The van der Waals surface area contributed by atoms with E-state index in [0.29, 0.717) is 39.4 Å². The number of esters is 1. The highest BCUT2D eigenvalue weighted by molar-refractivity contribution is 8.00. The van der Waals surface area contributed by atoms with Crippen LogP contribution in [0.2, 0.25) is 0 Å². The van der Waals surface area contributed by atoms with Crippen LogP contribution in [0, 0.1) is 5.92 Å². The molecule has 0 saturated heterocycles. The van der Waals surface area contributed by atoms with Gasteiger partial charge in [0.25, 0.3) is 5.22 Å². The molecule has 11 heteroatoms. The molecule has 2 atom stereocenters. The number of rotatable bonds is 8. The van der Waals surface area contributed by atoms with Crippen LogP contribution >= 0.6 is 23.1 Å². The van der Waals surface area contributed by atoms with Crippen molar-refractivity contribution in [3.8, 4) is 23.0 Å². The van der Waals surface area contributed by atoms with Gasteiger partial charge < -0.3 is 23.9 Å². The largest absolute Gasteiger partial charge is 0.462 e. The van der Waals surface area contributed by atoms with Gasteiger partial charge in [-0.15, -0.1) is 21.5 Å². The number of benzene rings is 2. The van der Waals surface area contributed by atoms with Crippen LogP contribution in [-0.2, 0) is 22.4 Å². The molecular formula is C29H27N3O6S2. The summed E-state index contributed by atoms with van der Waals surface area (Å²) in [5, 5.41) is 11.5. The lowest BCUT2D eigenvalue weighted by atomic mass is 9.88. The van der Waals surface area contributed by atoms with Crippen molar-refractivity contribution in [2.75, 3.05) is 18.7 Å². The van der Waals surface area contributed by atoms with Crippen LogP contribution in [0.1, 0.15) is 51.9 Å². The number of aromatic nitrogens is 2. The Bertz CT molecular complexity index is 1550. The maximum absolute atomic E-state index is 13.8. The Morgan fingerprint density at radius 2 is 1.98 bits per heavy atom. The molecule has 1 aliphatic heterocycles. The summed E-state index contributed by atoms with van der Waals surface area (Å²) in [6.45, 7) is 4.41. The predicted octanol–water partition coefficient (Wildman–Crippen LogP) is 6.30. The van der Waals surface area contributed by atoms with E-state index in [2.05, 4.69) is 22.4 Å². The summed E-state index contributed by atoms with van der Waals surface area (Å²) in [6, 6.07) is 14.8. The van der Waals surface area contributed by atoms with Gasteiger partial charge in [-0.1, -0.05) is 37.3 Å². The lowest BCUT2D eigenvalue weighted by molar-refractivity contribution is -0.115. The molecular weight excluding hydrogens is 550 g/mol. The van der Waals surface area contributed by atoms with E-state index in [1.165, 1.54) is 11.3 Å². The highest BCUT2D eigenvalue weighted by Gasteiger charge is 2.32. The summed E-state index contributed by atoms with van der Waals surface area (Å²) in [5.41, 5.74) is 2.91. The number of nitrogens with one attached hydrogen (secondary N) is 1. The molecule has 206 valence electrons. The number of amides is 1. The monoisotopic (exact) mass is 577 g/mol. The van der Waals surface area contributed by atoms with Gasteiger partial charge in [0.05, 0.1) is 12.2 Å². The van der Waals surface area contributed by atoms with Crippen LogP contribution in [0.3, 0.4) is 0 Å². The summed E-state index contributed by atoms with van der Waals surface area (Å²) in [7, 11) is 0. The van der Waals surface area contributed by atoms with E-state index in [9.17, 15) is 9.59 Å². The molecule has 9 nitrogen and oxygen atoms in total. The number of carbonyl (C=O) groups is 2. The molecule has 0 saturated carbocycles. The van der Waals surface area contributed by atoms with Crippen LogP contribution in [0.5, 0.6) is 11.5 Å². The third-order valence-electron chi connectivity index (χ3n) is 6.81. The van der Waals surface area contributed by atoms with Crippen LogP contribution in [0.15, 0.2) is 58.2 Å². The first kappa shape index (κ1) is 26.4. The second-order valence-electron chi connectivity index (χ2n) is 9.62. The molecule has 2 aliphatic rings. The maximum Gasteiger partial charge on any atom is 0.341 e. The van der Waals surface area contributed by atoms with Gasteiger partial charge >= 0.3 is 5.97 Å². The number of nitrogens with zero attached hydrogens (tertiary/aromatic N) is 2. The number of thiophene rings is 1. The molecule has 6 rings (SSSR count). The summed E-state index contributed by atoms with van der Waals surface area (Å²) < 4.78 is 22.2. The number of anilines is 1. The van der Waals surface area contributed by atoms with Crippen LogP contribution in [-0.4, -0.2) is 35.5 Å². The standard InChI is InChI=1S/C29H27N3O6S2/c1-3-35-28(34)23-19-11-9-16(2)13-22(19)39-27(23)30-25(33)24(17-7-5-4-6-8-17)40-29-32-31-26(38-29)18-10-12-20-21(14-18)37-15-36-20/h4-8,10,12,14,16,24H,3,9,11,13,15H2,1-2H3,(H,30,33)/t16-,24-/m1/s1. The number of carbonyl (C=O) groups excluding carboxylic acids is 2. The van der Waals surface area contributed by atoms with Gasteiger partial charge in [-0.3, -0.25) is 4.79 Å². The van der Waals surface area contributed by atoms with E-state index in [0.717, 1.165) is 47.0 Å². The van der Waals surface area contributed by atoms with Crippen molar-refractivity contribution < 1.29 is 28.2 Å². The van der Waals surface area contributed by atoms with Gasteiger partial charge in [0, 0.05) is 10.4 Å². The molecule has 0 spiro atoms. The normalized spacial score (nSPS) is 16.3. The number of hydrogen-bond acceptors (Lipinski definition) is 10. The lowest BCUT2D eigenvalue weighted by Crippen LogP contribution is -2.20. The van der Waals surface area contributed by atoms with Crippen molar-refractivity contribution in [2.45, 2.75) is 43.6 Å². The van der Waals surface area contributed by atoms with E-state index in [-0.39, 0.29) is 24.5 Å². The number of ether oxygens (including phenoxy) is 3. The Morgan fingerprint density at radius 3 is 2.80 bits per heavy atom. The third kappa shape index (κ3) is 5.31. The maximum atomic E-state index is 13.8. The Morgan fingerprint density at radius 1 is 1.15 bits per heavy atom. The van der Waals surface area contributed by atoms with Gasteiger partial charge in [-0.05, 0) is 73.2 Å².